The Morgan fingerprint density at radius 2 is 2.00 bits per heavy atom. The van der Waals surface area contributed by atoms with Crippen LogP contribution < -0.4 is 0 Å². The lowest BCUT2D eigenvalue weighted by atomic mass is 10.1. The van der Waals surface area contributed by atoms with Crippen LogP contribution in [0.5, 0.6) is 0 Å². The number of esters is 1. The van der Waals surface area contributed by atoms with E-state index >= 15 is 0 Å². The van der Waals surface area contributed by atoms with Crippen LogP contribution in [-0.4, -0.2) is 12.6 Å². The maximum absolute atomic E-state index is 13.1. The lowest BCUT2D eigenvalue weighted by Gasteiger charge is -2.09. The summed E-state index contributed by atoms with van der Waals surface area (Å²) in [7, 11) is 0. The van der Waals surface area contributed by atoms with Crippen molar-refractivity contribution in [1.29, 1.82) is 0 Å². The first-order valence-electron chi connectivity index (χ1n) is 5.48. The van der Waals surface area contributed by atoms with Crippen LogP contribution in [0.4, 0.5) is 17.6 Å². The minimum absolute atomic E-state index is 0.0827. The molecule has 0 aliphatic heterocycles. The largest absolute Gasteiger partial charge is 0.463 e. The highest BCUT2D eigenvalue weighted by Crippen LogP contribution is 2.32. The van der Waals surface area contributed by atoms with Gasteiger partial charge in [-0.3, -0.25) is 0 Å². The van der Waals surface area contributed by atoms with E-state index in [9.17, 15) is 22.4 Å². The third-order valence-electron chi connectivity index (χ3n) is 2.28. The Bertz CT molecular complexity index is 504. The van der Waals surface area contributed by atoms with Gasteiger partial charge < -0.3 is 4.74 Å². The standard InChI is InChI=1S/C13H12F4O2/c1-3-19-12(18)8(2)6-9-4-5-11(14)10(7-9)13(15,16)17/h4-7H,3H2,1-2H3. The minimum atomic E-state index is -4.77. The van der Waals surface area contributed by atoms with E-state index in [0.717, 1.165) is 6.07 Å². The zero-order valence-electron chi connectivity index (χ0n) is 10.3. The molecule has 2 nitrogen and oxygen atoms in total. The molecule has 0 aliphatic rings. The number of benzene rings is 1. The van der Waals surface area contributed by atoms with E-state index in [1.54, 1.807) is 6.92 Å². The molecule has 19 heavy (non-hydrogen) atoms. The number of hydrogen-bond acceptors (Lipinski definition) is 2. The monoisotopic (exact) mass is 276 g/mol. The van der Waals surface area contributed by atoms with Crippen LogP contribution in [0.2, 0.25) is 0 Å². The van der Waals surface area contributed by atoms with Crippen LogP contribution >= 0.6 is 0 Å². The van der Waals surface area contributed by atoms with Crippen LogP contribution in [0.25, 0.3) is 6.08 Å². The van der Waals surface area contributed by atoms with Crippen LogP contribution in [-0.2, 0) is 15.7 Å². The van der Waals surface area contributed by atoms with Crippen molar-refractivity contribution in [2.75, 3.05) is 6.61 Å². The number of ether oxygens (including phenoxy) is 1. The number of halogens is 4. The normalized spacial score (nSPS) is 12.4. The van der Waals surface area contributed by atoms with Crippen molar-refractivity contribution in [3.63, 3.8) is 0 Å². The molecule has 0 unspecified atom stereocenters. The molecule has 0 saturated carbocycles. The molecule has 0 N–H and O–H groups in total. The summed E-state index contributed by atoms with van der Waals surface area (Å²) in [4.78, 5) is 11.3. The third kappa shape index (κ3) is 4.08. The van der Waals surface area contributed by atoms with Gasteiger partial charge in [-0.1, -0.05) is 6.07 Å². The number of hydrogen-bond donors (Lipinski definition) is 0. The second-order valence-electron chi connectivity index (χ2n) is 3.78. The average Bonchev–Trinajstić information content (AvgIpc) is 2.30. The van der Waals surface area contributed by atoms with Gasteiger partial charge in [0, 0.05) is 5.57 Å². The molecule has 0 fully saturated rings. The van der Waals surface area contributed by atoms with Crippen LogP contribution in [0.1, 0.15) is 25.0 Å². The first-order valence-corrected chi connectivity index (χ1v) is 5.48. The summed E-state index contributed by atoms with van der Waals surface area (Å²) in [6.45, 7) is 3.20. The lowest BCUT2D eigenvalue weighted by molar-refractivity contribution is -0.140. The molecule has 1 rings (SSSR count). The van der Waals surface area contributed by atoms with E-state index in [2.05, 4.69) is 0 Å². The Hall–Kier alpha value is -1.85. The zero-order valence-corrected chi connectivity index (χ0v) is 10.3. The molecular weight excluding hydrogens is 264 g/mol. The molecule has 0 aliphatic carbocycles. The fourth-order valence-electron chi connectivity index (χ4n) is 1.40. The number of alkyl halides is 3. The summed E-state index contributed by atoms with van der Waals surface area (Å²) in [6.07, 6.45) is -3.56. The summed E-state index contributed by atoms with van der Waals surface area (Å²) in [5, 5.41) is 0. The molecule has 104 valence electrons. The minimum Gasteiger partial charge on any atom is -0.463 e. The zero-order chi connectivity index (χ0) is 14.6. The molecule has 0 heterocycles. The van der Waals surface area contributed by atoms with Crippen molar-refractivity contribution in [1.82, 2.24) is 0 Å². The molecule has 1 aromatic carbocycles. The highest BCUT2D eigenvalue weighted by atomic mass is 19.4. The predicted octanol–water partition coefficient (Wildman–Crippen LogP) is 3.81. The first kappa shape index (κ1) is 15.2. The maximum Gasteiger partial charge on any atom is 0.419 e. The highest BCUT2D eigenvalue weighted by Gasteiger charge is 2.34. The van der Waals surface area contributed by atoms with Crippen LogP contribution in [0.15, 0.2) is 23.8 Å². The van der Waals surface area contributed by atoms with Gasteiger partial charge in [0.2, 0.25) is 0 Å². The molecule has 0 spiro atoms. The van der Waals surface area contributed by atoms with Crippen LogP contribution in [0, 0.1) is 5.82 Å². The van der Waals surface area contributed by atoms with Gasteiger partial charge in [-0.15, -0.1) is 0 Å². The van der Waals surface area contributed by atoms with E-state index in [-0.39, 0.29) is 17.7 Å². The fraction of sp³-hybridized carbons (Fsp3) is 0.308. The van der Waals surface area contributed by atoms with Crippen molar-refractivity contribution in [2.45, 2.75) is 20.0 Å². The van der Waals surface area contributed by atoms with Crippen molar-refractivity contribution < 1.29 is 27.1 Å². The number of rotatable bonds is 3. The van der Waals surface area contributed by atoms with Crippen LogP contribution in [0.3, 0.4) is 0 Å². The Kier molecular flexibility index (Phi) is 4.69. The summed E-state index contributed by atoms with van der Waals surface area (Å²) >= 11 is 0. The summed E-state index contributed by atoms with van der Waals surface area (Å²) in [6, 6.07) is 2.53. The molecule has 0 amide bonds. The van der Waals surface area contributed by atoms with Gasteiger partial charge in [-0.25, -0.2) is 9.18 Å². The van der Waals surface area contributed by atoms with E-state index in [1.165, 1.54) is 13.0 Å². The molecule has 0 saturated heterocycles. The van der Waals surface area contributed by atoms with Crippen molar-refractivity contribution >= 4 is 12.0 Å². The Labute approximate surface area is 107 Å². The van der Waals surface area contributed by atoms with Gasteiger partial charge in [0.15, 0.2) is 0 Å². The number of carbonyl (C=O) groups is 1. The molecule has 0 atom stereocenters. The summed E-state index contributed by atoms with van der Waals surface area (Å²) in [5.74, 6) is -1.97. The van der Waals surface area contributed by atoms with E-state index < -0.39 is 23.5 Å². The first-order chi connectivity index (χ1) is 8.75. The van der Waals surface area contributed by atoms with Crippen molar-refractivity contribution in [3.8, 4) is 0 Å². The van der Waals surface area contributed by atoms with Gasteiger partial charge in [-0.05, 0) is 37.6 Å². The fourth-order valence-corrected chi connectivity index (χ4v) is 1.40. The van der Waals surface area contributed by atoms with Gasteiger partial charge in [0.25, 0.3) is 0 Å². The molecule has 0 aromatic heterocycles. The van der Waals surface area contributed by atoms with Gasteiger partial charge in [0.1, 0.15) is 5.82 Å². The Morgan fingerprint density at radius 3 is 2.53 bits per heavy atom. The lowest BCUT2D eigenvalue weighted by Crippen LogP contribution is -2.08. The maximum atomic E-state index is 13.1. The third-order valence-corrected chi connectivity index (χ3v) is 2.28. The second kappa shape index (κ2) is 5.86. The molecule has 0 radical (unpaired) electrons. The molecule has 0 bridgehead atoms. The van der Waals surface area contributed by atoms with Gasteiger partial charge in [0.05, 0.1) is 12.2 Å². The smallest absolute Gasteiger partial charge is 0.419 e. The number of carbonyl (C=O) groups excluding carboxylic acids is 1. The van der Waals surface area contributed by atoms with Gasteiger partial charge in [-0.2, -0.15) is 13.2 Å². The highest BCUT2D eigenvalue weighted by molar-refractivity contribution is 5.93. The quantitative estimate of drug-likeness (QED) is 0.476. The molecule has 1 aromatic rings. The van der Waals surface area contributed by atoms with Crippen molar-refractivity contribution in [2.24, 2.45) is 0 Å². The average molecular weight is 276 g/mol. The molecule has 6 heteroatoms. The topological polar surface area (TPSA) is 26.3 Å². The Balaban J connectivity index is 3.10. The van der Waals surface area contributed by atoms with Crippen molar-refractivity contribution in [3.05, 3.63) is 40.7 Å². The summed E-state index contributed by atoms with van der Waals surface area (Å²) < 4.78 is 55.2. The summed E-state index contributed by atoms with van der Waals surface area (Å²) in [5.41, 5.74) is -1.14. The predicted molar refractivity (Wildman–Crippen MR) is 61.7 cm³/mol. The molecular formula is C13H12F4O2. The Morgan fingerprint density at radius 1 is 1.37 bits per heavy atom. The van der Waals surface area contributed by atoms with Gasteiger partial charge >= 0.3 is 12.1 Å². The second-order valence-corrected chi connectivity index (χ2v) is 3.78. The van der Waals surface area contributed by atoms with E-state index in [1.807, 2.05) is 0 Å². The SMILES string of the molecule is CCOC(=O)C(C)=Cc1ccc(F)c(C(F)(F)F)c1. The van der Waals surface area contributed by atoms with E-state index in [4.69, 9.17) is 4.74 Å². The van der Waals surface area contributed by atoms with E-state index in [0.29, 0.717) is 12.1 Å².